The maximum atomic E-state index is 8.94. The van der Waals surface area contributed by atoms with Crippen LogP contribution in [0.1, 0.15) is 24.8 Å². The van der Waals surface area contributed by atoms with E-state index in [1.165, 1.54) is 19.3 Å². The van der Waals surface area contributed by atoms with Gasteiger partial charge in [-0.25, -0.2) is 4.98 Å². The van der Waals surface area contributed by atoms with Crippen LogP contribution in [0.25, 0.3) is 0 Å². The van der Waals surface area contributed by atoms with E-state index >= 15 is 0 Å². The molecule has 16 heavy (non-hydrogen) atoms. The van der Waals surface area contributed by atoms with Crippen molar-refractivity contribution in [3.8, 4) is 6.07 Å². The Labute approximate surface area is 100 Å². The topological polar surface area (TPSA) is 48.7 Å². The van der Waals surface area contributed by atoms with E-state index in [2.05, 4.69) is 16.4 Å². The molecule has 1 aliphatic heterocycles. The fourth-order valence-corrected chi connectivity index (χ4v) is 2.88. The van der Waals surface area contributed by atoms with Crippen LogP contribution in [0.5, 0.6) is 0 Å². The Balaban J connectivity index is 1.91. The van der Waals surface area contributed by atoms with E-state index in [0.29, 0.717) is 11.6 Å². The summed E-state index contributed by atoms with van der Waals surface area (Å²) >= 11 is 1.68. The molecule has 84 valence electrons. The average molecular weight is 233 g/mol. The normalized spacial score (nSPS) is 20.3. The minimum Gasteiger partial charge on any atom is -0.313 e. The third kappa shape index (κ3) is 2.97. The van der Waals surface area contributed by atoms with Gasteiger partial charge < -0.3 is 5.32 Å². The van der Waals surface area contributed by atoms with E-state index in [-0.39, 0.29) is 0 Å². The Kier molecular flexibility index (Phi) is 4.20. The molecule has 2 rings (SSSR count). The van der Waals surface area contributed by atoms with Crippen LogP contribution in [-0.4, -0.2) is 23.3 Å². The van der Waals surface area contributed by atoms with Crippen molar-refractivity contribution in [1.29, 1.82) is 5.26 Å². The van der Waals surface area contributed by atoms with E-state index in [0.717, 1.165) is 17.3 Å². The molecule has 1 aromatic rings. The van der Waals surface area contributed by atoms with Gasteiger partial charge in [0.15, 0.2) is 0 Å². The zero-order valence-electron chi connectivity index (χ0n) is 9.15. The van der Waals surface area contributed by atoms with Crippen molar-refractivity contribution < 1.29 is 0 Å². The molecule has 1 fully saturated rings. The fourth-order valence-electron chi connectivity index (χ4n) is 1.84. The third-order valence-electron chi connectivity index (χ3n) is 2.73. The van der Waals surface area contributed by atoms with Crippen molar-refractivity contribution in [2.75, 3.05) is 12.3 Å². The van der Waals surface area contributed by atoms with Crippen LogP contribution in [0.3, 0.4) is 0 Å². The molecule has 0 aliphatic carbocycles. The van der Waals surface area contributed by atoms with E-state index in [1.54, 1.807) is 18.0 Å². The molecule has 1 aliphatic rings. The molecule has 0 spiro atoms. The van der Waals surface area contributed by atoms with E-state index in [1.807, 2.05) is 12.1 Å². The highest BCUT2D eigenvalue weighted by Crippen LogP contribution is 2.22. The van der Waals surface area contributed by atoms with Gasteiger partial charge in [0.05, 0.1) is 5.56 Å². The lowest BCUT2D eigenvalue weighted by atomic mass is 10.1. The van der Waals surface area contributed by atoms with Gasteiger partial charge in [0.25, 0.3) is 0 Å². The maximum absolute atomic E-state index is 8.94. The van der Waals surface area contributed by atoms with Crippen LogP contribution >= 0.6 is 11.8 Å². The molecule has 0 radical (unpaired) electrons. The van der Waals surface area contributed by atoms with Crippen LogP contribution < -0.4 is 5.32 Å². The summed E-state index contributed by atoms with van der Waals surface area (Å²) in [5.74, 6) is 1.01. The lowest BCUT2D eigenvalue weighted by molar-refractivity contribution is 0.430. The first kappa shape index (κ1) is 11.4. The van der Waals surface area contributed by atoms with Crippen molar-refractivity contribution in [3.05, 3.63) is 23.9 Å². The van der Waals surface area contributed by atoms with Gasteiger partial charge in [0.2, 0.25) is 0 Å². The monoisotopic (exact) mass is 233 g/mol. The Bertz CT molecular complexity index is 380. The second kappa shape index (κ2) is 5.88. The van der Waals surface area contributed by atoms with Gasteiger partial charge in [0.1, 0.15) is 11.1 Å². The molecule has 0 unspecified atom stereocenters. The average Bonchev–Trinajstić information content (AvgIpc) is 2.38. The molecule has 1 saturated heterocycles. The summed E-state index contributed by atoms with van der Waals surface area (Å²) in [7, 11) is 0. The van der Waals surface area contributed by atoms with Gasteiger partial charge in [-0.15, -0.1) is 11.8 Å². The maximum Gasteiger partial charge on any atom is 0.114 e. The first-order chi connectivity index (χ1) is 7.90. The first-order valence-corrected chi connectivity index (χ1v) is 6.60. The quantitative estimate of drug-likeness (QED) is 0.813. The van der Waals surface area contributed by atoms with Gasteiger partial charge in [-0.3, -0.25) is 0 Å². The van der Waals surface area contributed by atoms with Gasteiger partial charge in [-0.1, -0.05) is 6.42 Å². The highest BCUT2D eigenvalue weighted by Gasteiger charge is 2.13. The minimum absolute atomic E-state index is 0.576. The van der Waals surface area contributed by atoms with E-state index < -0.39 is 0 Å². The number of nitriles is 1. The molecule has 4 heteroatoms. The molecule has 1 N–H and O–H groups in total. The Morgan fingerprint density at radius 3 is 3.25 bits per heavy atom. The number of nitrogens with one attached hydrogen (secondary N) is 1. The molecular weight excluding hydrogens is 218 g/mol. The standard InChI is InChI=1S/C12H15N3S/c13-8-10-4-3-7-15-12(10)16-9-11-5-1-2-6-14-11/h3-4,7,11,14H,1-2,5-6,9H2/t11-/m1/s1. The molecule has 0 bridgehead atoms. The second-order valence-corrected chi connectivity index (χ2v) is 4.93. The molecule has 0 saturated carbocycles. The minimum atomic E-state index is 0.576. The fraction of sp³-hybridized carbons (Fsp3) is 0.500. The number of nitrogens with zero attached hydrogens (tertiary/aromatic N) is 2. The Morgan fingerprint density at radius 2 is 2.50 bits per heavy atom. The summed E-state index contributed by atoms with van der Waals surface area (Å²) in [6, 6.07) is 6.39. The number of rotatable bonds is 3. The van der Waals surface area contributed by atoms with Gasteiger partial charge in [-0.05, 0) is 31.5 Å². The lowest BCUT2D eigenvalue weighted by Gasteiger charge is -2.22. The van der Waals surface area contributed by atoms with Crippen molar-refractivity contribution in [2.24, 2.45) is 0 Å². The molecule has 2 heterocycles. The largest absolute Gasteiger partial charge is 0.313 e. The molecular formula is C12H15N3S. The van der Waals surface area contributed by atoms with Crippen LogP contribution in [0, 0.1) is 11.3 Å². The van der Waals surface area contributed by atoms with Crippen LogP contribution in [0.15, 0.2) is 23.4 Å². The van der Waals surface area contributed by atoms with E-state index in [9.17, 15) is 0 Å². The van der Waals surface area contributed by atoms with Gasteiger partial charge in [-0.2, -0.15) is 5.26 Å². The van der Waals surface area contributed by atoms with Crippen molar-refractivity contribution in [3.63, 3.8) is 0 Å². The second-order valence-electron chi connectivity index (χ2n) is 3.93. The SMILES string of the molecule is N#Cc1cccnc1SC[C@H]1CCCCN1. The number of aromatic nitrogens is 1. The Morgan fingerprint density at radius 1 is 1.56 bits per heavy atom. The number of pyridine rings is 1. The predicted octanol–water partition coefficient (Wildman–Crippen LogP) is 2.19. The van der Waals surface area contributed by atoms with Crippen LogP contribution in [0.4, 0.5) is 0 Å². The zero-order chi connectivity index (χ0) is 11.2. The van der Waals surface area contributed by atoms with E-state index in [4.69, 9.17) is 5.26 Å². The number of hydrogen-bond acceptors (Lipinski definition) is 4. The summed E-state index contributed by atoms with van der Waals surface area (Å²) in [4.78, 5) is 4.25. The van der Waals surface area contributed by atoms with Gasteiger partial charge >= 0.3 is 0 Å². The smallest absolute Gasteiger partial charge is 0.114 e. The molecule has 3 nitrogen and oxygen atoms in total. The first-order valence-electron chi connectivity index (χ1n) is 5.61. The van der Waals surface area contributed by atoms with Crippen molar-refractivity contribution >= 4 is 11.8 Å². The summed E-state index contributed by atoms with van der Waals surface area (Å²) in [6.07, 6.45) is 5.58. The van der Waals surface area contributed by atoms with Crippen LogP contribution in [0.2, 0.25) is 0 Å². The number of hydrogen-bond donors (Lipinski definition) is 1. The third-order valence-corrected chi connectivity index (χ3v) is 3.89. The number of piperidine rings is 1. The summed E-state index contributed by atoms with van der Waals surface area (Å²) < 4.78 is 0. The summed E-state index contributed by atoms with van der Waals surface area (Å²) in [6.45, 7) is 1.12. The van der Waals surface area contributed by atoms with Crippen molar-refractivity contribution in [1.82, 2.24) is 10.3 Å². The Hall–Kier alpha value is -1.05. The summed E-state index contributed by atoms with van der Waals surface area (Å²) in [5.41, 5.74) is 0.684. The molecule has 1 atom stereocenters. The summed E-state index contributed by atoms with van der Waals surface area (Å²) in [5, 5.41) is 13.3. The highest BCUT2D eigenvalue weighted by atomic mass is 32.2. The highest BCUT2D eigenvalue weighted by molar-refractivity contribution is 7.99. The van der Waals surface area contributed by atoms with Crippen LogP contribution in [-0.2, 0) is 0 Å². The molecule has 1 aromatic heterocycles. The molecule has 0 amide bonds. The molecule has 0 aromatic carbocycles. The zero-order valence-corrected chi connectivity index (χ0v) is 9.96. The van der Waals surface area contributed by atoms with Crippen molar-refractivity contribution in [2.45, 2.75) is 30.3 Å². The van der Waals surface area contributed by atoms with Gasteiger partial charge in [0, 0.05) is 18.0 Å². The lowest BCUT2D eigenvalue weighted by Crippen LogP contribution is -2.35. The predicted molar refractivity (Wildman–Crippen MR) is 65.3 cm³/mol. The number of thioether (sulfide) groups is 1.